The van der Waals surface area contributed by atoms with Gasteiger partial charge in [0.15, 0.2) is 0 Å². The van der Waals surface area contributed by atoms with Crippen molar-refractivity contribution in [2.24, 2.45) is 0 Å². The molecule has 1 aliphatic rings. The molecule has 1 heterocycles. The highest BCUT2D eigenvalue weighted by Crippen LogP contribution is 2.32. The lowest BCUT2D eigenvalue weighted by molar-refractivity contribution is -0.129. The Morgan fingerprint density at radius 3 is 2.26 bits per heavy atom. The van der Waals surface area contributed by atoms with E-state index in [2.05, 4.69) is 10.9 Å². The van der Waals surface area contributed by atoms with Crippen LogP contribution in [0.25, 0.3) is 6.08 Å². The summed E-state index contributed by atoms with van der Waals surface area (Å²) in [6.07, 6.45) is 1.71. The molecule has 3 aromatic carbocycles. The second-order valence-corrected chi connectivity index (χ2v) is 9.75. The van der Waals surface area contributed by atoms with E-state index in [1.54, 1.807) is 30.3 Å². The Hall–Kier alpha value is -4.15. The number of nitrogens with one attached hydrogen (secondary N) is 2. The summed E-state index contributed by atoms with van der Waals surface area (Å²) in [4.78, 5) is 39.3. The zero-order valence-corrected chi connectivity index (χ0v) is 22.1. The monoisotopic (exact) mass is 547 g/mol. The molecule has 8 nitrogen and oxygen atoms in total. The largest absolute Gasteiger partial charge is 0.494 e. The maximum Gasteiger partial charge on any atom is 0.269 e. The van der Waals surface area contributed by atoms with Crippen LogP contribution in [0.5, 0.6) is 11.5 Å². The number of benzene rings is 3. The van der Waals surface area contributed by atoms with Gasteiger partial charge in [-0.05, 0) is 60.5 Å². The predicted octanol–water partition coefficient (Wildman–Crippen LogP) is 4.33. The highest BCUT2D eigenvalue weighted by molar-refractivity contribution is 8.26. The molecule has 0 aromatic heterocycles. The summed E-state index contributed by atoms with van der Waals surface area (Å²) in [7, 11) is 0. The molecule has 3 amide bonds. The van der Waals surface area contributed by atoms with E-state index in [1.165, 1.54) is 4.90 Å². The Morgan fingerprint density at radius 1 is 0.921 bits per heavy atom. The smallest absolute Gasteiger partial charge is 0.269 e. The van der Waals surface area contributed by atoms with Crippen LogP contribution in [0, 0.1) is 0 Å². The molecule has 1 saturated heterocycles. The molecular formula is C28H25N3O5S2. The van der Waals surface area contributed by atoms with Crippen molar-refractivity contribution >= 4 is 52.1 Å². The summed E-state index contributed by atoms with van der Waals surface area (Å²) in [5.41, 5.74) is 6.85. The third-order valence-electron chi connectivity index (χ3n) is 5.34. The third kappa shape index (κ3) is 7.21. The molecule has 10 heteroatoms. The van der Waals surface area contributed by atoms with Crippen molar-refractivity contribution in [1.82, 2.24) is 15.8 Å². The summed E-state index contributed by atoms with van der Waals surface area (Å²) < 4.78 is 11.4. The van der Waals surface area contributed by atoms with E-state index in [0.717, 1.165) is 28.6 Å². The Morgan fingerprint density at radius 2 is 1.58 bits per heavy atom. The number of hydrogen-bond acceptors (Lipinski definition) is 7. The zero-order valence-electron chi connectivity index (χ0n) is 20.5. The van der Waals surface area contributed by atoms with Crippen molar-refractivity contribution < 1.29 is 23.9 Å². The van der Waals surface area contributed by atoms with Crippen molar-refractivity contribution in [3.05, 3.63) is 100 Å². The molecule has 0 spiro atoms. The van der Waals surface area contributed by atoms with Crippen LogP contribution in [0.4, 0.5) is 0 Å². The number of nitrogens with zero attached hydrogens (tertiary/aromatic N) is 1. The van der Waals surface area contributed by atoms with Crippen LogP contribution in [0.3, 0.4) is 0 Å². The minimum atomic E-state index is -0.584. The van der Waals surface area contributed by atoms with Crippen molar-refractivity contribution in [3.8, 4) is 11.5 Å². The van der Waals surface area contributed by atoms with E-state index in [-0.39, 0.29) is 16.8 Å². The summed E-state index contributed by atoms with van der Waals surface area (Å²) in [6, 6.07) is 23.6. The van der Waals surface area contributed by atoms with E-state index >= 15 is 0 Å². The number of carbonyl (C=O) groups excluding carboxylic acids is 3. The molecule has 0 atom stereocenters. The van der Waals surface area contributed by atoms with Gasteiger partial charge in [-0.25, -0.2) is 0 Å². The van der Waals surface area contributed by atoms with Gasteiger partial charge in [0.2, 0.25) is 0 Å². The quantitative estimate of drug-likeness (QED) is 0.234. The minimum Gasteiger partial charge on any atom is -0.494 e. The number of rotatable bonds is 9. The van der Waals surface area contributed by atoms with Crippen LogP contribution < -0.4 is 20.3 Å². The fourth-order valence-electron chi connectivity index (χ4n) is 3.44. The number of ether oxygens (including phenoxy) is 2. The third-order valence-corrected chi connectivity index (χ3v) is 6.72. The van der Waals surface area contributed by atoms with Gasteiger partial charge in [-0.3, -0.25) is 30.1 Å². The van der Waals surface area contributed by atoms with E-state index in [0.29, 0.717) is 29.4 Å². The molecule has 0 unspecified atom stereocenters. The average molecular weight is 548 g/mol. The molecule has 3 aromatic rings. The molecule has 0 bridgehead atoms. The molecule has 0 aliphatic carbocycles. The van der Waals surface area contributed by atoms with Crippen molar-refractivity contribution in [2.45, 2.75) is 13.5 Å². The highest BCUT2D eigenvalue weighted by atomic mass is 32.2. The van der Waals surface area contributed by atoms with Gasteiger partial charge in [0.1, 0.15) is 29.0 Å². The van der Waals surface area contributed by atoms with Crippen molar-refractivity contribution in [3.63, 3.8) is 0 Å². The van der Waals surface area contributed by atoms with Crippen molar-refractivity contribution in [2.75, 3.05) is 13.2 Å². The van der Waals surface area contributed by atoms with Gasteiger partial charge < -0.3 is 9.47 Å². The molecule has 194 valence electrons. The highest BCUT2D eigenvalue weighted by Gasteiger charge is 2.33. The fourth-order valence-corrected chi connectivity index (χ4v) is 4.69. The molecule has 4 rings (SSSR count). The molecule has 0 saturated carbocycles. The number of hydrogen-bond donors (Lipinski definition) is 2. The number of thiocarbonyl (C=S) groups is 1. The Bertz CT molecular complexity index is 1340. The van der Waals surface area contributed by atoms with E-state index in [9.17, 15) is 14.4 Å². The van der Waals surface area contributed by atoms with Gasteiger partial charge in [-0.2, -0.15) is 0 Å². The topological polar surface area (TPSA) is 97.0 Å². The predicted molar refractivity (Wildman–Crippen MR) is 150 cm³/mol. The maximum atomic E-state index is 12.8. The summed E-state index contributed by atoms with van der Waals surface area (Å²) in [5, 5.41) is 0. The molecular weight excluding hydrogens is 522 g/mol. The number of hydrazine groups is 1. The maximum absolute atomic E-state index is 12.8. The minimum absolute atomic E-state index is 0.264. The van der Waals surface area contributed by atoms with E-state index in [4.69, 9.17) is 21.7 Å². The average Bonchev–Trinajstić information content (AvgIpc) is 3.19. The summed E-state index contributed by atoms with van der Waals surface area (Å²) >= 11 is 6.41. The van der Waals surface area contributed by atoms with E-state index < -0.39 is 11.8 Å². The molecule has 1 fully saturated rings. The lowest BCUT2D eigenvalue weighted by atomic mass is 10.2. The Labute approximate surface area is 230 Å². The van der Waals surface area contributed by atoms with Gasteiger partial charge in [0.05, 0.1) is 11.5 Å². The first kappa shape index (κ1) is 26.9. The molecule has 38 heavy (non-hydrogen) atoms. The second-order valence-electron chi connectivity index (χ2n) is 8.07. The van der Waals surface area contributed by atoms with Gasteiger partial charge in [0, 0.05) is 5.56 Å². The second kappa shape index (κ2) is 12.9. The number of thioether (sulfide) groups is 1. The number of amides is 3. The lowest BCUT2D eigenvalue weighted by Crippen LogP contribution is -2.47. The standard InChI is InChI=1S/C28H25N3O5S2/c1-2-35-22-12-8-19(9-13-22)16-24-27(34)31(28(37)38-24)17-25(32)29-30-26(33)21-10-14-23(15-11-21)36-18-20-6-4-3-5-7-20/h3-16H,2,17-18H2,1H3,(H,29,32)(H,30,33)/b24-16-. The Balaban J connectivity index is 1.26. The van der Waals surface area contributed by atoms with Crippen LogP contribution in [-0.2, 0) is 16.2 Å². The van der Waals surface area contributed by atoms with Crippen LogP contribution in [0.15, 0.2) is 83.8 Å². The SMILES string of the molecule is CCOc1ccc(/C=C2\SC(=S)N(CC(=O)NNC(=O)c3ccc(OCc4ccccc4)cc3)C2=O)cc1. The molecule has 2 N–H and O–H groups in total. The fraction of sp³-hybridized carbons (Fsp3) is 0.143. The molecule has 0 radical (unpaired) electrons. The number of carbonyl (C=O) groups is 3. The molecule has 1 aliphatic heterocycles. The van der Waals surface area contributed by atoms with Crippen LogP contribution >= 0.6 is 24.0 Å². The van der Waals surface area contributed by atoms with Crippen LogP contribution in [0.2, 0.25) is 0 Å². The van der Waals surface area contributed by atoms with Gasteiger partial charge in [-0.15, -0.1) is 0 Å². The zero-order chi connectivity index (χ0) is 26.9. The lowest BCUT2D eigenvalue weighted by Gasteiger charge is -2.14. The van der Waals surface area contributed by atoms with Gasteiger partial charge in [0.25, 0.3) is 17.7 Å². The van der Waals surface area contributed by atoms with E-state index in [1.807, 2.05) is 61.5 Å². The van der Waals surface area contributed by atoms with Crippen LogP contribution in [0.1, 0.15) is 28.4 Å². The van der Waals surface area contributed by atoms with Gasteiger partial charge in [-0.1, -0.05) is 66.4 Å². The first-order valence-electron chi connectivity index (χ1n) is 11.8. The van der Waals surface area contributed by atoms with Crippen molar-refractivity contribution in [1.29, 1.82) is 0 Å². The normalized spacial score (nSPS) is 13.9. The van der Waals surface area contributed by atoms with Crippen LogP contribution in [-0.4, -0.2) is 40.1 Å². The first-order chi connectivity index (χ1) is 18.4. The summed E-state index contributed by atoms with van der Waals surface area (Å²) in [5.74, 6) is -0.111. The first-order valence-corrected chi connectivity index (χ1v) is 13.0. The Kier molecular flexibility index (Phi) is 9.12. The van der Waals surface area contributed by atoms with Gasteiger partial charge >= 0.3 is 0 Å². The summed E-state index contributed by atoms with van der Waals surface area (Å²) in [6.45, 7) is 2.56.